The molecule has 0 saturated heterocycles. The van der Waals surface area contributed by atoms with Crippen LogP contribution in [0.2, 0.25) is 0 Å². The summed E-state index contributed by atoms with van der Waals surface area (Å²) in [5.41, 5.74) is -0.627. The zero-order valence-electron chi connectivity index (χ0n) is 14.3. The van der Waals surface area contributed by atoms with Gasteiger partial charge in [0.1, 0.15) is 5.60 Å². The number of amides is 1. The summed E-state index contributed by atoms with van der Waals surface area (Å²) in [5.74, 6) is 0. The summed E-state index contributed by atoms with van der Waals surface area (Å²) in [6, 6.07) is 4.14. The van der Waals surface area contributed by atoms with Crippen LogP contribution in [0.3, 0.4) is 0 Å². The summed E-state index contributed by atoms with van der Waals surface area (Å²) in [6.07, 6.45) is 1.77. The van der Waals surface area contributed by atoms with Crippen LogP contribution in [0.15, 0.2) is 35.4 Å². The molecular formula is C16H18N4O5. The Hall–Kier alpha value is -3.23. The molecule has 1 aromatic heterocycles. The largest absolute Gasteiger partial charge is 0.444 e. The molecule has 2 rings (SSSR count). The van der Waals surface area contributed by atoms with E-state index in [4.69, 9.17) is 4.74 Å². The number of anilines is 1. The molecule has 0 unspecified atom stereocenters. The average molecular weight is 346 g/mol. The minimum absolute atomic E-state index is 0.207. The maximum absolute atomic E-state index is 11.8. The van der Waals surface area contributed by atoms with E-state index in [2.05, 4.69) is 10.3 Å². The van der Waals surface area contributed by atoms with E-state index in [1.807, 2.05) is 0 Å². The number of hydrogen-bond acceptors (Lipinski definition) is 6. The van der Waals surface area contributed by atoms with Gasteiger partial charge >= 0.3 is 6.09 Å². The van der Waals surface area contributed by atoms with E-state index in [-0.39, 0.29) is 22.5 Å². The van der Waals surface area contributed by atoms with E-state index in [1.54, 1.807) is 20.8 Å². The molecule has 0 spiro atoms. The van der Waals surface area contributed by atoms with Crippen molar-refractivity contribution in [2.24, 2.45) is 7.05 Å². The van der Waals surface area contributed by atoms with Gasteiger partial charge in [-0.15, -0.1) is 0 Å². The lowest BCUT2D eigenvalue weighted by Gasteiger charge is -2.19. The van der Waals surface area contributed by atoms with Gasteiger partial charge in [0, 0.05) is 13.1 Å². The number of nitrogens with zero attached hydrogens (tertiary/aromatic N) is 3. The molecule has 25 heavy (non-hydrogen) atoms. The second-order valence-corrected chi connectivity index (χ2v) is 6.31. The van der Waals surface area contributed by atoms with Crippen LogP contribution in [-0.4, -0.2) is 26.2 Å². The van der Waals surface area contributed by atoms with Gasteiger partial charge < -0.3 is 9.30 Å². The van der Waals surface area contributed by atoms with Gasteiger partial charge in [-0.2, -0.15) is 0 Å². The zero-order valence-corrected chi connectivity index (χ0v) is 14.3. The SMILES string of the molecule is Cn1c(-c2ccc(NC(=O)OC(C)(C)C)cc2[N+](=O)[O-])cncc1=O. The van der Waals surface area contributed by atoms with Crippen LogP contribution >= 0.6 is 0 Å². The van der Waals surface area contributed by atoms with Crippen LogP contribution in [0, 0.1) is 10.1 Å². The molecule has 9 nitrogen and oxygen atoms in total. The number of rotatable bonds is 3. The molecule has 0 radical (unpaired) electrons. The molecule has 2 aromatic rings. The minimum Gasteiger partial charge on any atom is -0.444 e. The number of carbonyl (C=O) groups excluding carboxylic acids is 1. The quantitative estimate of drug-likeness (QED) is 0.674. The second kappa shape index (κ2) is 6.71. The van der Waals surface area contributed by atoms with E-state index >= 15 is 0 Å². The number of carbonyl (C=O) groups is 1. The number of aromatic nitrogens is 2. The summed E-state index contributed by atoms with van der Waals surface area (Å²) in [6.45, 7) is 5.13. The summed E-state index contributed by atoms with van der Waals surface area (Å²) in [4.78, 5) is 38.1. The van der Waals surface area contributed by atoms with Gasteiger partial charge in [0.15, 0.2) is 0 Å². The van der Waals surface area contributed by atoms with Crippen molar-refractivity contribution in [2.75, 3.05) is 5.32 Å². The van der Waals surface area contributed by atoms with Gasteiger partial charge in [0.05, 0.1) is 34.3 Å². The zero-order chi connectivity index (χ0) is 18.8. The highest BCUT2D eigenvalue weighted by Gasteiger charge is 2.21. The third-order valence-electron chi connectivity index (χ3n) is 3.19. The molecule has 0 aliphatic carbocycles. The first-order valence-electron chi connectivity index (χ1n) is 7.38. The Labute approximate surface area is 143 Å². The molecule has 0 fully saturated rings. The fourth-order valence-electron chi connectivity index (χ4n) is 2.11. The van der Waals surface area contributed by atoms with Gasteiger partial charge in [-0.25, -0.2) is 4.79 Å². The van der Waals surface area contributed by atoms with Crippen molar-refractivity contribution in [2.45, 2.75) is 26.4 Å². The molecule has 1 heterocycles. The lowest BCUT2D eigenvalue weighted by Crippen LogP contribution is -2.27. The van der Waals surface area contributed by atoms with E-state index in [9.17, 15) is 19.7 Å². The molecule has 9 heteroatoms. The van der Waals surface area contributed by atoms with E-state index in [0.717, 1.165) is 6.20 Å². The maximum atomic E-state index is 11.8. The van der Waals surface area contributed by atoms with Gasteiger partial charge in [-0.3, -0.25) is 25.2 Å². The van der Waals surface area contributed by atoms with Gasteiger partial charge in [-0.1, -0.05) is 0 Å². The third kappa shape index (κ3) is 4.40. The Kier molecular flexibility index (Phi) is 4.87. The first-order valence-corrected chi connectivity index (χ1v) is 7.38. The fourth-order valence-corrected chi connectivity index (χ4v) is 2.11. The normalized spacial score (nSPS) is 11.0. The van der Waals surface area contributed by atoms with Crippen LogP contribution in [0.25, 0.3) is 11.3 Å². The van der Waals surface area contributed by atoms with Crippen molar-refractivity contribution < 1.29 is 14.5 Å². The van der Waals surface area contributed by atoms with Gasteiger partial charge in [-0.05, 0) is 32.9 Å². The van der Waals surface area contributed by atoms with Crippen molar-refractivity contribution in [3.8, 4) is 11.3 Å². The second-order valence-electron chi connectivity index (χ2n) is 6.31. The topological polar surface area (TPSA) is 116 Å². The molecule has 0 saturated carbocycles. The summed E-state index contributed by atoms with van der Waals surface area (Å²) in [5, 5.41) is 13.9. The predicted molar refractivity (Wildman–Crippen MR) is 91.4 cm³/mol. The molecule has 0 bridgehead atoms. The first kappa shape index (κ1) is 18.1. The van der Waals surface area contributed by atoms with E-state index < -0.39 is 16.6 Å². The molecule has 1 N–H and O–H groups in total. The summed E-state index contributed by atoms with van der Waals surface area (Å²) in [7, 11) is 1.50. The van der Waals surface area contributed by atoms with Crippen LogP contribution in [0.4, 0.5) is 16.2 Å². The van der Waals surface area contributed by atoms with Crippen molar-refractivity contribution in [1.29, 1.82) is 0 Å². The smallest absolute Gasteiger partial charge is 0.412 e. The Balaban J connectivity index is 2.42. The molecule has 1 amide bonds. The lowest BCUT2D eigenvalue weighted by molar-refractivity contribution is -0.384. The van der Waals surface area contributed by atoms with Crippen LogP contribution in [-0.2, 0) is 11.8 Å². The van der Waals surface area contributed by atoms with E-state index in [1.165, 1.54) is 36.0 Å². The fraction of sp³-hybridized carbons (Fsp3) is 0.312. The highest BCUT2D eigenvalue weighted by atomic mass is 16.6. The van der Waals surface area contributed by atoms with Crippen LogP contribution < -0.4 is 10.9 Å². The molecule has 0 aliphatic heterocycles. The maximum Gasteiger partial charge on any atom is 0.412 e. The summed E-state index contributed by atoms with van der Waals surface area (Å²) < 4.78 is 6.38. The Morgan fingerprint density at radius 1 is 1.32 bits per heavy atom. The van der Waals surface area contributed by atoms with Gasteiger partial charge in [0.25, 0.3) is 11.2 Å². The highest BCUT2D eigenvalue weighted by Crippen LogP contribution is 2.31. The number of nitrogens with one attached hydrogen (secondary N) is 1. The lowest BCUT2D eigenvalue weighted by atomic mass is 10.1. The number of ether oxygens (including phenoxy) is 1. The molecular weight excluding hydrogens is 328 g/mol. The molecule has 0 aliphatic rings. The number of nitro benzene ring substituents is 1. The van der Waals surface area contributed by atoms with Crippen LogP contribution in [0.1, 0.15) is 20.8 Å². The van der Waals surface area contributed by atoms with E-state index in [0.29, 0.717) is 5.69 Å². The first-order chi connectivity index (χ1) is 11.6. The molecule has 1 aromatic carbocycles. The van der Waals surface area contributed by atoms with Crippen molar-refractivity contribution in [3.05, 3.63) is 51.1 Å². The number of benzene rings is 1. The summed E-state index contributed by atoms with van der Waals surface area (Å²) >= 11 is 0. The monoisotopic (exact) mass is 346 g/mol. The minimum atomic E-state index is -0.719. The predicted octanol–water partition coefficient (Wildman–Crippen LogP) is 2.70. The molecule has 132 valence electrons. The Morgan fingerprint density at radius 3 is 2.60 bits per heavy atom. The van der Waals surface area contributed by atoms with Crippen molar-refractivity contribution in [3.63, 3.8) is 0 Å². The Bertz CT molecular complexity index is 883. The third-order valence-corrected chi connectivity index (χ3v) is 3.19. The van der Waals surface area contributed by atoms with Crippen molar-refractivity contribution in [1.82, 2.24) is 9.55 Å². The Morgan fingerprint density at radius 2 is 2.00 bits per heavy atom. The van der Waals surface area contributed by atoms with Crippen molar-refractivity contribution >= 4 is 17.5 Å². The average Bonchev–Trinajstić information content (AvgIpc) is 2.48. The highest BCUT2D eigenvalue weighted by molar-refractivity contribution is 5.87. The van der Waals surface area contributed by atoms with Gasteiger partial charge in [0.2, 0.25) is 0 Å². The standard InChI is InChI=1S/C16H18N4O5/c1-16(2,3)25-15(22)18-10-5-6-11(12(7-10)20(23)24)13-8-17-9-14(21)19(13)4/h5-9H,1-4H3,(H,18,22). The molecule has 0 atom stereocenters. The number of nitro groups is 1. The van der Waals surface area contributed by atoms with Crippen LogP contribution in [0.5, 0.6) is 0 Å². The number of hydrogen-bond donors (Lipinski definition) is 1.